The first-order valence-electron chi connectivity index (χ1n) is 6.80. The number of aryl methyl sites for hydroxylation is 1. The molecule has 1 aliphatic rings. The number of hydrogen-bond acceptors (Lipinski definition) is 3. The molecule has 0 aliphatic heterocycles. The van der Waals surface area contributed by atoms with Crippen LogP contribution in [0.3, 0.4) is 0 Å². The van der Waals surface area contributed by atoms with Crippen molar-refractivity contribution in [3.05, 3.63) is 40.5 Å². The molecule has 1 fully saturated rings. The summed E-state index contributed by atoms with van der Waals surface area (Å²) in [5.74, 6) is 0. The molecule has 2 aromatic rings. The van der Waals surface area contributed by atoms with Crippen molar-refractivity contribution in [1.82, 2.24) is 10.3 Å². The lowest BCUT2D eigenvalue weighted by Crippen LogP contribution is -2.15. The Bertz CT molecular complexity index is 645. The number of halogens is 3. The molecule has 0 unspecified atom stereocenters. The Balaban J connectivity index is 1.85. The van der Waals surface area contributed by atoms with E-state index in [-0.39, 0.29) is 0 Å². The highest BCUT2D eigenvalue weighted by molar-refractivity contribution is 7.15. The monoisotopic (exact) mass is 312 g/mol. The smallest absolute Gasteiger partial charge is 0.310 e. The van der Waals surface area contributed by atoms with Crippen LogP contribution in [0.4, 0.5) is 13.2 Å². The zero-order valence-corrected chi connectivity index (χ0v) is 12.3. The van der Waals surface area contributed by atoms with Crippen molar-refractivity contribution in [3.63, 3.8) is 0 Å². The van der Waals surface area contributed by atoms with E-state index in [1.54, 1.807) is 0 Å². The number of rotatable bonds is 4. The molecule has 0 amide bonds. The standard InChI is InChI=1S/C15H15F3N2S/c1-9-2-3-10(7-19-11-4-5-11)6-12(9)13-8-20-14(21-13)15(16,17)18/h2-3,6,8,11,19H,4-5,7H2,1H3. The van der Waals surface area contributed by atoms with Gasteiger partial charge in [-0.1, -0.05) is 12.1 Å². The first-order valence-corrected chi connectivity index (χ1v) is 7.61. The van der Waals surface area contributed by atoms with Gasteiger partial charge in [-0.2, -0.15) is 13.2 Å². The van der Waals surface area contributed by atoms with Crippen LogP contribution in [0.15, 0.2) is 24.4 Å². The molecule has 0 radical (unpaired) electrons. The maximum absolute atomic E-state index is 12.7. The van der Waals surface area contributed by atoms with E-state index in [4.69, 9.17) is 0 Å². The molecule has 2 nitrogen and oxygen atoms in total. The van der Waals surface area contributed by atoms with E-state index in [9.17, 15) is 13.2 Å². The molecular formula is C15H15F3N2S. The van der Waals surface area contributed by atoms with Gasteiger partial charge < -0.3 is 5.32 Å². The minimum atomic E-state index is -4.37. The van der Waals surface area contributed by atoms with Crippen molar-refractivity contribution < 1.29 is 13.2 Å². The third-order valence-corrected chi connectivity index (χ3v) is 4.56. The summed E-state index contributed by atoms with van der Waals surface area (Å²) in [4.78, 5) is 4.06. The maximum Gasteiger partial charge on any atom is 0.443 e. The predicted octanol–water partition coefficient (Wildman–Crippen LogP) is 4.39. The molecule has 1 aromatic carbocycles. The summed E-state index contributed by atoms with van der Waals surface area (Å²) in [5.41, 5.74) is 2.88. The van der Waals surface area contributed by atoms with Gasteiger partial charge in [-0.05, 0) is 42.5 Å². The topological polar surface area (TPSA) is 24.9 Å². The molecule has 1 saturated carbocycles. The minimum Gasteiger partial charge on any atom is -0.310 e. The lowest BCUT2D eigenvalue weighted by atomic mass is 10.0. The zero-order valence-electron chi connectivity index (χ0n) is 11.5. The molecule has 112 valence electrons. The number of thiazole rings is 1. The molecule has 0 saturated heterocycles. The molecule has 0 atom stereocenters. The van der Waals surface area contributed by atoms with Gasteiger partial charge in [-0.3, -0.25) is 0 Å². The van der Waals surface area contributed by atoms with Gasteiger partial charge in [0, 0.05) is 18.8 Å². The van der Waals surface area contributed by atoms with Crippen LogP contribution in [0.25, 0.3) is 10.4 Å². The molecule has 1 aliphatic carbocycles. The van der Waals surface area contributed by atoms with Gasteiger partial charge in [0.05, 0.1) is 4.88 Å². The molecule has 0 bridgehead atoms. The highest BCUT2D eigenvalue weighted by atomic mass is 32.1. The highest BCUT2D eigenvalue weighted by Crippen LogP contribution is 2.37. The highest BCUT2D eigenvalue weighted by Gasteiger charge is 2.34. The van der Waals surface area contributed by atoms with Gasteiger partial charge in [0.15, 0.2) is 5.01 Å². The van der Waals surface area contributed by atoms with Gasteiger partial charge in [-0.25, -0.2) is 4.98 Å². The third-order valence-electron chi connectivity index (χ3n) is 3.49. The SMILES string of the molecule is Cc1ccc(CNC2CC2)cc1-c1cnc(C(F)(F)F)s1. The number of benzene rings is 1. The van der Waals surface area contributed by atoms with Crippen LogP contribution in [-0.2, 0) is 12.7 Å². The Morgan fingerprint density at radius 2 is 2.10 bits per heavy atom. The summed E-state index contributed by atoms with van der Waals surface area (Å²) in [5, 5.41) is 2.62. The summed E-state index contributed by atoms with van der Waals surface area (Å²) >= 11 is 0.696. The van der Waals surface area contributed by atoms with E-state index >= 15 is 0 Å². The molecule has 1 heterocycles. The first-order chi connectivity index (χ1) is 9.93. The summed E-state index contributed by atoms with van der Waals surface area (Å²) in [6.45, 7) is 2.66. The van der Waals surface area contributed by atoms with E-state index in [0.29, 0.717) is 22.3 Å². The van der Waals surface area contributed by atoms with E-state index in [1.807, 2.05) is 25.1 Å². The number of nitrogens with zero attached hydrogens (tertiary/aromatic N) is 1. The average Bonchev–Trinajstić information content (AvgIpc) is 3.11. The summed E-state index contributed by atoms with van der Waals surface area (Å²) < 4.78 is 38.0. The minimum absolute atomic E-state index is 0.563. The number of nitrogens with one attached hydrogen (secondary N) is 1. The van der Waals surface area contributed by atoms with E-state index < -0.39 is 11.2 Å². The Labute approximate surface area is 125 Å². The summed E-state index contributed by atoms with van der Waals surface area (Å²) in [6, 6.07) is 6.53. The quantitative estimate of drug-likeness (QED) is 0.905. The Kier molecular flexibility index (Phi) is 3.75. The second-order valence-corrected chi connectivity index (χ2v) is 6.36. The van der Waals surface area contributed by atoms with Crippen molar-refractivity contribution in [2.75, 3.05) is 0 Å². The van der Waals surface area contributed by atoms with Crippen LogP contribution in [0.2, 0.25) is 0 Å². The van der Waals surface area contributed by atoms with Crippen molar-refractivity contribution in [3.8, 4) is 10.4 Å². The lowest BCUT2D eigenvalue weighted by molar-refractivity contribution is -0.137. The van der Waals surface area contributed by atoms with E-state index in [0.717, 1.165) is 23.2 Å². The van der Waals surface area contributed by atoms with E-state index in [1.165, 1.54) is 19.0 Å². The number of alkyl halides is 3. The Hall–Kier alpha value is -1.40. The van der Waals surface area contributed by atoms with Crippen LogP contribution < -0.4 is 5.32 Å². The van der Waals surface area contributed by atoms with Gasteiger partial charge in [0.1, 0.15) is 0 Å². The van der Waals surface area contributed by atoms with Crippen LogP contribution in [0, 0.1) is 6.92 Å². The fraction of sp³-hybridized carbons (Fsp3) is 0.400. The van der Waals surface area contributed by atoms with Gasteiger partial charge in [0.25, 0.3) is 0 Å². The zero-order chi connectivity index (χ0) is 15.0. The Morgan fingerprint density at radius 3 is 2.71 bits per heavy atom. The lowest BCUT2D eigenvalue weighted by Gasteiger charge is -2.08. The van der Waals surface area contributed by atoms with Crippen LogP contribution in [0.1, 0.15) is 29.0 Å². The van der Waals surface area contributed by atoms with Crippen molar-refractivity contribution in [2.45, 2.75) is 38.5 Å². The maximum atomic E-state index is 12.7. The first kappa shape index (κ1) is 14.5. The molecule has 0 spiro atoms. The Morgan fingerprint density at radius 1 is 1.33 bits per heavy atom. The molecule has 1 N–H and O–H groups in total. The largest absolute Gasteiger partial charge is 0.443 e. The van der Waals surface area contributed by atoms with Gasteiger partial charge in [-0.15, -0.1) is 11.3 Å². The van der Waals surface area contributed by atoms with Crippen molar-refractivity contribution in [2.24, 2.45) is 0 Å². The second kappa shape index (κ2) is 5.42. The molecular weight excluding hydrogens is 297 g/mol. The van der Waals surface area contributed by atoms with Crippen molar-refractivity contribution in [1.29, 1.82) is 0 Å². The molecule has 1 aromatic heterocycles. The average molecular weight is 312 g/mol. The summed E-state index contributed by atoms with van der Waals surface area (Å²) in [7, 11) is 0. The fourth-order valence-electron chi connectivity index (χ4n) is 2.12. The van der Waals surface area contributed by atoms with Gasteiger partial charge >= 0.3 is 6.18 Å². The van der Waals surface area contributed by atoms with E-state index in [2.05, 4.69) is 10.3 Å². The van der Waals surface area contributed by atoms with Crippen LogP contribution in [-0.4, -0.2) is 11.0 Å². The molecule has 21 heavy (non-hydrogen) atoms. The fourth-order valence-corrected chi connectivity index (χ4v) is 2.99. The summed E-state index contributed by atoms with van der Waals surface area (Å²) in [6.07, 6.45) is -0.638. The van der Waals surface area contributed by atoms with Crippen LogP contribution >= 0.6 is 11.3 Å². The van der Waals surface area contributed by atoms with Crippen LogP contribution in [0.5, 0.6) is 0 Å². The number of aromatic nitrogens is 1. The molecule has 3 rings (SSSR count). The normalized spacial score (nSPS) is 15.4. The third kappa shape index (κ3) is 3.44. The molecule has 6 heteroatoms. The van der Waals surface area contributed by atoms with Crippen molar-refractivity contribution >= 4 is 11.3 Å². The van der Waals surface area contributed by atoms with Gasteiger partial charge in [0.2, 0.25) is 0 Å². The number of hydrogen-bond donors (Lipinski definition) is 1. The second-order valence-electron chi connectivity index (χ2n) is 5.33. The predicted molar refractivity (Wildman–Crippen MR) is 77.2 cm³/mol.